The zero-order chi connectivity index (χ0) is 18.5. The Morgan fingerprint density at radius 2 is 1.88 bits per heavy atom. The second-order valence-corrected chi connectivity index (χ2v) is 6.52. The number of aromatic nitrogens is 1. The third kappa shape index (κ3) is 4.17. The van der Waals surface area contributed by atoms with Gasteiger partial charge in [-0.25, -0.2) is 9.37 Å². The van der Waals surface area contributed by atoms with Gasteiger partial charge in [0.1, 0.15) is 5.82 Å². The van der Waals surface area contributed by atoms with Crippen molar-refractivity contribution < 1.29 is 13.6 Å². The van der Waals surface area contributed by atoms with E-state index in [9.17, 15) is 9.18 Å². The van der Waals surface area contributed by atoms with Gasteiger partial charge in [0.25, 0.3) is 5.91 Å². The maximum Gasteiger partial charge on any atom is 0.252 e. The predicted molar refractivity (Wildman–Crippen MR) is 99.1 cm³/mol. The van der Waals surface area contributed by atoms with Crippen molar-refractivity contribution in [3.8, 4) is 22.8 Å². The summed E-state index contributed by atoms with van der Waals surface area (Å²) < 4.78 is 18.9. The van der Waals surface area contributed by atoms with Crippen LogP contribution in [0.5, 0.6) is 0 Å². The van der Waals surface area contributed by atoms with E-state index < -0.39 is 0 Å². The number of halogens is 1. The van der Waals surface area contributed by atoms with Crippen LogP contribution in [0.4, 0.5) is 4.39 Å². The molecule has 0 saturated carbocycles. The van der Waals surface area contributed by atoms with Crippen LogP contribution in [0.2, 0.25) is 0 Å². The molecule has 5 heteroatoms. The van der Waals surface area contributed by atoms with E-state index in [1.54, 1.807) is 30.5 Å². The van der Waals surface area contributed by atoms with E-state index in [0.29, 0.717) is 35.2 Å². The van der Waals surface area contributed by atoms with Gasteiger partial charge in [0, 0.05) is 17.7 Å². The molecule has 0 atom stereocenters. The van der Waals surface area contributed by atoms with Gasteiger partial charge in [-0.05, 0) is 48.7 Å². The van der Waals surface area contributed by atoms with E-state index in [1.807, 2.05) is 12.1 Å². The number of nitrogens with one attached hydrogen (secondary N) is 1. The maximum atomic E-state index is 13.1. The molecule has 2 aromatic carbocycles. The summed E-state index contributed by atoms with van der Waals surface area (Å²) in [7, 11) is 0. The zero-order valence-electron chi connectivity index (χ0n) is 14.8. The average molecular weight is 352 g/mol. The molecule has 1 aromatic heterocycles. The van der Waals surface area contributed by atoms with E-state index in [4.69, 9.17) is 4.42 Å². The molecule has 0 radical (unpaired) electrons. The van der Waals surface area contributed by atoms with Crippen molar-refractivity contribution >= 4 is 5.91 Å². The number of benzene rings is 2. The first-order chi connectivity index (χ1) is 12.5. The van der Waals surface area contributed by atoms with Gasteiger partial charge >= 0.3 is 0 Å². The smallest absolute Gasteiger partial charge is 0.252 e. The molecular weight excluding hydrogens is 331 g/mol. The fourth-order valence-corrected chi connectivity index (χ4v) is 2.58. The van der Waals surface area contributed by atoms with Crippen molar-refractivity contribution in [3.63, 3.8) is 0 Å². The van der Waals surface area contributed by atoms with Crippen LogP contribution in [0.15, 0.2) is 59.1 Å². The lowest BCUT2D eigenvalue weighted by molar-refractivity contribution is 0.0952. The minimum atomic E-state index is -0.308. The minimum Gasteiger partial charge on any atom is -0.436 e. The molecule has 0 fully saturated rings. The minimum absolute atomic E-state index is 0.150. The molecule has 1 N–H and O–H groups in total. The number of hydrogen-bond acceptors (Lipinski definition) is 3. The molecule has 3 rings (SSSR count). The fraction of sp³-hybridized carbons (Fsp3) is 0.238. The van der Waals surface area contributed by atoms with Gasteiger partial charge in [0.2, 0.25) is 5.89 Å². The molecule has 134 valence electrons. The number of hydrogen-bond donors (Lipinski definition) is 1. The molecule has 4 nitrogen and oxygen atoms in total. The number of rotatable bonds is 6. The van der Waals surface area contributed by atoms with Gasteiger partial charge in [-0.15, -0.1) is 0 Å². The summed E-state index contributed by atoms with van der Waals surface area (Å²) >= 11 is 0. The van der Waals surface area contributed by atoms with E-state index >= 15 is 0 Å². The van der Waals surface area contributed by atoms with Crippen molar-refractivity contribution in [1.82, 2.24) is 10.3 Å². The van der Waals surface area contributed by atoms with Crippen molar-refractivity contribution in [2.24, 2.45) is 5.92 Å². The normalized spacial score (nSPS) is 10.9. The Hall–Kier alpha value is -2.95. The summed E-state index contributed by atoms with van der Waals surface area (Å²) in [5, 5.41) is 2.94. The van der Waals surface area contributed by atoms with Crippen LogP contribution >= 0.6 is 0 Å². The van der Waals surface area contributed by atoms with Gasteiger partial charge in [0.15, 0.2) is 5.76 Å². The van der Waals surface area contributed by atoms with Gasteiger partial charge in [-0.3, -0.25) is 4.79 Å². The third-order valence-electron chi connectivity index (χ3n) is 4.04. The quantitative estimate of drug-likeness (QED) is 0.685. The molecule has 0 saturated heterocycles. The average Bonchev–Trinajstić information content (AvgIpc) is 3.12. The lowest BCUT2D eigenvalue weighted by atomic mass is 10.1. The molecule has 0 aliphatic rings. The van der Waals surface area contributed by atoms with Crippen molar-refractivity contribution in [1.29, 1.82) is 0 Å². The van der Waals surface area contributed by atoms with Crippen LogP contribution in [-0.4, -0.2) is 17.4 Å². The van der Waals surface area contributed by atoms with Gasteiger partial charge in [-0.2, -0.15) is 0 Å². The Balaban J connectivity index is 1.84. The highest BCUT2D eigenvalue weighted by Crippen LogP contribution is 2.28. The first-order valence-electron chi connectivity index (χ1n) is 8.64. The lowest BCUT2D eigenvalue weighted by Gasteiger charge is -2.09. The fourth-order valence-electron chi connectivity index (χ4n) is 2.58. The van der Waals surface area contributed by atoms with E-state index in [1.165, 1.54) is 12.1 Å². The molecule has 26 heavy (non-hydrogen) atoms. The highest BCUT2D eigenvalue weighted by Gasteiger charge is 2.16. The van der Waals surface area contributed by atoms with Crippen LogP contribution in [0.3, 0.4) is 0 Å². The highest BCUT2D eigenvalue weighted by molar-refractivity contribution is 6.00. The van der Waals surface area contributed by atoms with Crippen LogP contribution < -0.4 is 5.32 Å². The summed E-state index contributed by atoms with van der Waals surface area (Å²) in [4.78, 5) is 16.8. The maximum absolute atomic E-state index is 13.1. The van der Waals surface area contributed by atoms with Crippen LogP contribution in [0, 0.1) is 11.7 Å². The van der Waals surface area contributed by atoms with Gasteiger partial charge in [0.05, 0.1) is 11.8 Å². The SMILES string of the molecule is CC(C)CCNC(=O)c1ccccc1-c1ncc(-c2ccc(F)cc2)o1. The number of nitrogens with zero attached hydrogens (tertiary/aromatic N) is 1. The molecule has 1 heterocycles. The number of amides is 1. The van der Waals surface area contributed by atoms with Crippen molar-refractivity contribution in [2.75, 3.05) is 6.54 Å². The molecule has 1 amide bonds. The van der Waals surface area contributed by atoms with Gasteiger partial charge in [-0.1, -0.05) is 26.0 Å². The van der Waals surface area contributed by atoms with E-state index in [2.05, 4.69) is 24.1 Å². The molecule has 0 aliphatic carbocycles. The second kappa shape index (κ2) is 7.95. The summed E-state index contributed by atoms with van der Waals surface area (Å²) in [5.74, 6) is 0.948. The first kappa shape index (κ1) is 17.9. The lowest BCUT2D eigenvalue weighted by Crippen LogP contribution is -2.25. The number of oxazole rings is 1. The Labute approximate surface area is 152 Å². The highest BCUT2D eigenvalue weighted by atomic mass is 19.1. The van der Waals surface area contributed by atoms with Crippen LogP contribution in [0.1, 0.15) is 30.6 Å². The summed E-state index contributed by atoms with van der Waals surface area (Å²) in [6, 6.07) is 13.2. The monoisotopic (exact) mass is 352 g/mol. The molecule has 0 spiro atoms. The standard InChI is InChI=1S/C21H21FN2O2/c1-14(2)11-12-23-20(25)17-5-3-4-6-18(17)21-24-13-19(26-21)15-7-9-16(22)10-8-15/h3-10,13-14H,11-12H2,1-2H3,(H,23,25). The molecular formula is C21H21FN2O2. The second-order valence-electron chi connectivity index (χ2n) is 6.52. The first-order valence-corrected chi connectivity index (χ1v) is 8.64. The van der Waals surface area contributed by atoms with E-state index in [0.717, 1.165) is 12.0 Å². The summed E-state index contributed by atoms with van der Waals surface area (Å²) in [5.41, 5.74) is 1.87. The summed E-state index contributed by atoms with van der Waals surface area (Å²) in [6.07, 6.45) is 2.50. The van der Waals surface area contributed by atoms with Crippen molar-refractivity contribution in [2.45, 2.75) is 20.3 Å². The largest absolute Gasteiger partial charge is 0.436 e. The van der Waals surface area contributed by atoms with Crippen LogP contribution in [-0.2, 0) is 0 Å². The molecule has 3 aromatic rings. The Bertz CT molecular complexity index is 885. The Kier molecular flexibility index (Phi) is 5.46. The van der Waals surface area contributed by atoms with Gasteiger partial charge < -0.3 is 9.73 Å². The number of carbonyl (C=O) groups excluding carboxylic acids is 1. The van der Waals surface area contributed by atoms with Crippen molar-refractivity contribution in [3.05, 3.63) is 66.1 Å². The molecule has 0 aliphatic heterocycles. The molecule has 0 bridgehead atoms. The third-order valence-corrected chi connectivity index (χ3v) is 4.04. The van der Waals surface area contributed by atoms with E-state index in [-0.39, 0.29) is 11.7 Å². The Morgan fingerprint density at radius 3 is 2.62 bits per heavy atom. The number of carbonyl (C=O) groups is 1. The Morgan fingerprint density at radius 1 is 1.15 bits per heavy atom. The van der Waals surface area contributed by atoms with Crippen LogP contribution in [0.25, 0.3) is 22.8 Å². The topological polar surface area (TPSA) is 55.1 Å². The zero-order valence-corrected chi connectivity index (χ0v) is 14.8. The predicted octanol–water partition coefficient (Wildman–Crippen LogP) is 4.92. The molecule has 0 unspecified atom stereocenters. The summed E-state index contributed by atoms with van der Waals surface area (Å²) in [6.45, 7) is 4.85.